The molecule has 0 bridgehead atoms. The van der Waals surface area contributed by atoms with Crippen LogP contribution in [0.5, 0.6) is 0 Å². The maximum atomic E-state index is 8.83. The maximum Gasteiger partial charge on any atom is 1.00 e. The van der Waals surface area contributed by atoms with Gasteiger partial charge in [0.05, 0.1) is 11.4 Å². The molecule has 6 heteroatoms. The third kappa shape index (κ3) is 8.90. The first-order chi connectivity index (χ1) is 2.27. The predicted molar refractivity (Wildman–Crippen MR) is 10.0 cm³/mol. The van der Waals surface area contributed by atoms with Crippen LogP contribution in [0.3, 0.4) is 0 Å². The fourth-order valence-electron chi connectivity index (χ4n) is 0. The SMILES string of the molecule is O=S([O-])O[O-].[Na+]. The maximum absolute atomic E-state index is 8.83. The van der Waals surface area contributed by atoms with Crippen LogP contribution in [0.25, 0.3) is 0 Å². The van der Waals surface area contributed by atoms with Gasteiger partial charge in [-0.3, -0.25) is 0 Å². The van der Waals surface area contributed by atoms with E-state index in [0.29, 0.717) is 0 Å². The molecule has 6 heavy (non-hydrogen) atoms. The van der Waals surface area contributed by atoms with Crippen molar-refractivity contribution >= 4 is 11.4 Å². The molecule has 0 aromatic carbocycles. The molecule has 1 unspecified atom stereocenters. The van der Waals surface area contributed by atoms with Crippen LogP contribution in [0.1, 0.15) is 0 Å². The van der Waals surface area contributed by atoms with Gasteiger partial charge in [-0.2, -0.15) is 0 Å². The fourth-order valence-corrected chi connectivity index (χ4v) is 0. The first-order valence-corrected chi connectivity index (χ1v) is 1.67. The summed E-state index contributed by atoms with van der Waals surface area (Å²) in [6.07, 6.45) is 0. The van der Waals surface area contributed by atoms with Gasteiger partial charge in [-0.05, 0) is 0 Å². The molecule has 0 aliphatic heterocycles. The zero-order chi connectivity index (χ0) is 4.28. The Balaban J connectivity index is 0. The molecule has 0 aromatic heterocycles. The Kier molecular flexibility index (Phi) is 10.2. The molecule has 0 N–H and O–H groups in total. The van der Waals surface area contributed by atoms with Gasteiger partial charge in [0.25, 0.3) is 0 Å². The normalized spacial score (nSPS) is 12.3. The van der Waals surface area contributed by atoms with Crippen LogP contribution in [0.2, 0.25) is 0 Å². The Bertz CT molecular complexity index is 42.8. The number of rotatable bonds is 1. The molecule has 0 fully saturated rings. The summed E-state index contributed by atoms with van der Waals surface area (Å²) in [5.74, 6) is 0. The average Bonchev–Trinajstić information content (AvgIpc) is 1.38. The summed E-state index contributed by atoms with van der Waals surface area (Å²) in [5, 5.41) is 8.52. The molecular weight excluding hydrogens is 119 g/mol. The molecule has 32 valence electrons. The standard InChI is InChI=1S/Na.H2O4S/c;1-4-5(2)3/h;1H,(H,2,3)/q+1;/p-2. The molecule has 0 saturated carbocycles. The summed E-state index contributed by atoms with van der Waals surface area (Å²) in [7, 11) is 0. The summed E-state index contributed by atoms with van der Waals surface area (Å²) in [5.41, 5.74) is 0. The van der Waals surface area contributed by atoms with Gasteiger partial charge in [-0.25, -0.2) is 4.21 Å². The van der Waals surface area contributed by atoms with Crippen LogP contribution >= 0.6 is 0 Å². The molecule has 0 radical (unpaired) electrons. The van der Waals surface area contributed by atoms with Crippen molar-refractivity contribution in [1.29, 1.82) is 0 Å². The van der Waals surface area contributed by atoms with Gasteiger partial charge in [0.15, 0.2) is 0 Å². The van der Waals surface area contributed by atoms with Crippen LogP contribution in [0, 0.1) is 0 Å². The van der Waals surface area contributed by atoms with Crippen molar-refractivity contribution in [3.63, 3.8) is 0 Å². The van der Waals surface area contributed by atoms with Crippen LogP contribution < -0.4 is 34.8 Å². The Hall–Kier alpha value is 1.03. The van der Waals surface area contributed by atoms with Gasteiger partial charge < -0.3 is 14.1 Å². The predicted octanol–water partition coefficient (Wildman–Crippen LogP) is -4.92. The van der Waals surface area contributed by atoms with E-state index in [2.05, 4.69) is 4.33 Å². The number of hydrogen-bond donors (Lipinski definition) is 0. The smallest absolute Gasteiger partial charge is 0.750 e. The van der Waals surface area contributed by atoms with Crippen LogP contribution in [-0.2, 0) is 15.7 Å². The summed E-state index contributed by atoms with van der Waals surface area (Å²) < 4.78 is 20.1. The second-order valence-corrected chi connectivity index (χ2v) is 0.816. The van der Waals surface area contributed by atoms with Gasteiger partial charge in [0.2, 0.25) is 0 Å². The molecule has 0 spiro atoms. The Morgan fingerprint density at radius 2 is 1.83 bits per heavy atom. The molecule has 0 rings (SSSR count). The Morgan fingerprint density at radius 3 is 1.83 bits per heavy atom. The minimum atomic E-state index is -2.88. The minimum absolute atomic E-state index is 0. The molecular formula is NaO4S-. The Morgan fingerprint density at radius 1 is 1.67 bits per heavy atom. The third-order valence-corrected chi connectivity index (χ3v) is 0.167. The van der Waals surface area contributed by atoms with Crippen molar-refractivity contribution in [2.45, 2.75) is 0 Å². The van der Waals surface area contributed by atoms with Gasteiger partial charge in [-0.15, -0.1) is 0 Å². The molecule has 0 amide bonds. The zero-order valence-electron chi connectivity index (χ0n) is 3.04. The van der Waals surface area contributed by atoms with E-state index in [1.165, 1.54) is 0 Å². The number of hydrogen-bond acceptors (Lipinski definition) is 4. The summed E-state index contributed by atoms with van der Waals surface area (Å²) in [6.45, 7) is 0. The monoisotopic (exact) mass is 119 g/mol. The van der Waals surface area contributed by atoms with E-state index in [0.717, 1.165) is 0 Å². The van der Waals surface area contributed by atoms with E-state index in [9.17, 15) is 0 Å². The first-order valence-electron chi connectivity index (χ1n) is 0.667. The van der Waals surface area contributed by atoms with Crippen LogP contribution in [-0.4, -0.2) is 8.76 Å². The largest absolute Gasteiger partial charge is 1.00 e. The Labute approximate surface area is 59.2 Å². The van der Waals surface area contributed by atoms with Gasteiger partial charge >= 0.3 is 29.6 Å². The van der Waals surface area contributed by atoms with Gasteiger partial charge in [0.1, 0.15) is 0 Å². The van der Waals surface area contributed by atoms with E-state index in [1.807, 2.05) is 0 Å². The second-order valence-electron chi connectivity index (χ2n) is 0.272. The molecule has 0 aliphatic rings. The van der Waals surface area contributed by atoms with Crippen molar-refractivity contribution in [3.8, 4) is 0 Å². The first kappa shape index (κ1) is 10.1. The quantitative estimate of drug-likeness (QED) is 0.150. The van der Waals surface area contributed by atoms with Crippen LogP contribution in [0.15, 0.2) is 0 Å². The molecule has 0 heterocycles. The summed E-state index contributed by atoms with van der Waals surface area (Å²) >= 11 is -2.88. The minimum Gasteiger partial charge on any atom is -0.750 e. The van der Waals surface area contributed by atoms with E-state index >= 15 is 0 Å². The molecule has 0 saturated heterocycles. The van der Waals surface area contributed by atoms with Crippen molar-refractivity contribution in [1.82, 2.24) is 0 Å². The molecule has 4 nitrogen and oxygen atoms in total. The zero-order valence-corrected chi connectivity index (χ0v) is 5.86. The van der Waals surface area contributed by atoms with E-state index in [1.54, 1.807) is 0 Å². The van der Waals surface area contributed by atoms with Crippen LogP contribution in [0.4, 0.5) is 0 Å². The molecule has 0 aliphatic carbocycles. The summed E-state index contributed by atoms with van der Waals surface area (Å²) in [6, 6.07) is 0. The van der Waals surface area contributed by atoms with E-state index < -0.39 is 11.4 Å². The van der Waals surface area contributed by atoms with E-state index in [-0.39, 0.29) is 29.6 Å². The van der Waals surface area contributed by atoms with Crippen molar-refractivity contribution in [3.05, 3.63) is 0 Å². The fraction of sp³-hybridized carbons (Fsp3) is 0. The van der Waals surface area contributed by atoms with E-state index in [4.69, 9.17) is 14.0 Å². The third-order valence-electron chi connectivity index (χ3n) is 0.0556. The topological polar surface area (TPSA) is 72.4 Å². The summed E-state index contributed by atoms with van der Waals surface area (Å²) in [4.78, 5) is 0. The van der Waals surface area contributed by atoms with Gasteiger partial charge in [0, 0.05) is 0 Å². The van der Waals surface area contributed by atoms with Crippen molar-refractivity contribution < 1.29 is 47.9 Å². The van der Waals surface area contributed by atoms with Gasteiger partial charge in [-0.1, -0.05) is 0 Å². The second kappa shape index (κ2) is 6.03. The molecule has 0 aromatic rings. The molecule has 1 atom stereocenters. The van der Waals surface area contributed by atoms with Crippen molar-refractivity contribution in [2.75, 3.05) is 0 Å². The van der Waals surface area contributed by atoms with Crippen molar-refractivity contribution in [2.24, 2.45) is 0 Å². The average molecular weight is 119 g/mol.